The third-order valence-electron chi connectivity index (χ3n) is 1.44. The van der Waals surface area contributed by atoms with Crippen molar-refractivity contribution in [1.82, 2.24) is 0 Å². The lowest BCUT2D eigenvalue weighted by molar-refractivity contribution is 0.475. The van der Waals surface area contributed by atoms with Crippen LogP contribution in [0, 0.1) is 0 Å². The zero-order valence-electron chi connectivity index (χ0n) is 7.71. The number of benzene rings is 1. The molecule has 74 valence electrons. The Morgan fingerprint density at radius 1 is 1.57 bits per heavy atom. The fourth-order valence-corrected chi connectivity index (χ4v) is 0.927. The number of hydrogen-bond acceptors (Lipinski definition) is 4. The van der Waals surface area contributed by atoms with Gasteiger partial charge in [-0.1, -0.05) is 23.9 Å². The predicted molar refractivity (Wildman–Crippen MR) is 60.8 cm³/mol. The van der Waals surface area contributed by atoms with E-state index in [1.54, 1.807) is 18.2 Å². The molecule has 0 saturated carbocycles. The molecule has 0 aromatic heterocycles. The van der Waals surface area contributed by atoms with Crippen LogP contribution < -0.4 is 5.73 Å². The molecule has 0 spiro atoms. The standard InChI is InChI=1S/C9H11N3OS/c1-14-9(10)12-11-6-7-3-2-4-8(13)5-7/h2-6,13H,1H3,(H2,10,12)/b11-6+. The van der Waals surface area contributed by atoms with Crippen LogP contribution in [0.15, 0.2) is 34.5 Å². The van der Waals surface area contributed by atoms with E-state index in [1.165, 1.54) is 18.0 Å². The van der Waals surface area contributed by atoms with Crippen LogP contribution in [0.5, 0.6) is 5.75 Å². The van der Waals surface area contributed by atoms with Crippen molar-refractivity contribution in [1.29, 1.82) is 0 Å². The van der Waals surface area contributed by atoms with Crippen molar-refractivity contribution < 1.29 is 5.11 Å². The summed E-state index contributed by atoms with van der Waals surface area (Å²) in [6.45, 7) is 0. The molecule has 0 fully saturated rings. The SMILES string of the molecule is CS/C(N)=N/N=C/c1cccc(O)c1. The molecule has 0 atom stereocenters. The van der Waals surface area contributed by atoms with E-state index in [1.807, 2.05) is 12.3 Å². The topological polar surface area (TPSA) is 71.0 Å². The first-order valence-corrected chi connectivity index (χ1v) is 5.14. The minimum Gasteiger partial charge on any atom is -0.508 e. The van der Waals surface area contributed by atoms with E-state index in [-0.39, 0.29) is 5.75 Å². The maximum absolute atomic E-state index is 9.14. The molecule has 0 aliphatic heterocycles. The Morgan fingerprint density at radius 3 is 3.00 bits per heavy atom. The van der Waals surface area contributed by atoms with Crippen LogP contribution in [-0.4, -0.2) is 22.7 Å². The summed E-state index contributed by atoms with van der Waals surface area (Å²) < 4.78 is 0. The van der Waals surface area contributed by atoms with E-state index >= 15 is 0 Å². The number of amidine groups is 1. The van der Waals surface area contributed by atoms with Gasteiger partial charge in [-0.2, -0.15) is 5.10 Å². The van der Waals surface area contributed by atoms with Gasteiger partial charge in [0, 0.05) is 0 Å². The van der Waals surface area contributed by atoms with E-state index in [0.717, 1.165) is 5.56 Å². The summed E-state index contributed by atoms with van der Waals surface area (Å²) in [6.07, 6.45) is 3.35. The molecule has 1 rings (SSSR count). The van der Waals surface area contributed by atoms with Gasteiger partial charge in [-0.05, 0) is 24.0 Å². The second-order valence-electron chi connectivity index (χ2n) is 2.48. The zero-order chi connectivity index (χ0) is 10.4. The van der Waals surface area contributed by atoms with E-state index in [0.29, 0.717) is 5.17 Å². The van der Waals surface area contributed by atoms with Gasteiger partial charge in [0.2, 0.25) is 0 Å². The Labute approximate surface area is 86.5 Å². The molecule has 0 bridgehead atoms. The monoisotopic (exact) mass is 209 g/mol. The summed E-state index contributed by atoms with van der Waals surface area (Å²) in [4.78, 5) is 0. The van der Waals surface area contributed by atoms with Gasteiger partial charge in [0.25, 0.3) is 0 Å². The summed E-state index contributed by atoms with van der Waals surface area (Å²) in [5, 5.41) is 17.0. The summed E-state index contributed by atoms with van der Waals surface area (Å²) >= 11 is 1.33. The summed E-state index contributed by atoms with van der Waals surface area (Å²) in [5.41, 5.74) is 6.20. The third-order valence-corrected chi connectivity index (χ3v) is 1.94. The maximum atomic E-state index is 9.14. The Morgan fingerprint density at radius 2 is 2.36 bits per heavy atom. The van der Waals surface area contributed by atoms with Gasteiger partial charge in [-0.3, -0.25) is 0 Å². The van der Waals surface area contributed by atoms with Crippen LogP contribution >= 0.6 is 11.8 Å². The van der Waals surface area contributed by atoms with E-state index in [4.69, 9.17) is 10.8 Å². The highest BCUT2D eigenvalue weighted by atomic mass is 32.2. The second-order valence-corrected chi connectivity index (χ2v) is 3.31. The van der Waals surface area contributed by atoms with E-state index in [9.17, 15) is 0 Å². The highest BCUT2D eigenvalue weighted by Crippen LogP contribution is 2.08. The van der Waals surface area contributed by atoms with Crippen molar-refractivity contribution in [3.63, 3.8) is 0 Å². The number of hydrogen-bond donors (Lipinski definition) is 2. The van der Waals surface area contributed by atoms with Crippen molar-refractivity contribution in [2.45, 2.75) is 0 Å². The largest absolute Gasteiger partial charge is 0.508 e. The van der Waals surface area contributed by atoms with Crippen LogP contribution in [0.4, 0.5) is 0 Å². The normalized spacial score (nSPS) is 12.2. The minimum atomic E-state index is 0.204. The summed E-state index contributed by atoms with van der Waals surface area (Å²) in [7, 11) is 0. The van der Waals surface area contributed by atoms with Crippen molar-refractivity contribution in [2.24, 2.45) is 15.9 Å². The fourth-order valence-electron chi connectivity index (χ4n) is 0.798. The van der Waals surface area contributed by atoms with Crippen LogP contribution in [0.2, 0.25) is 0 Å². The first-order chi connectivity index (χ1) is 6.72. The molecular weight excluding hydrogens is 198 g/mol. The molecule has 0 heterocycles. The molecule has 0 radical (unpaired) electrons. The number of aromatic hydroxyl groups is 1. The maximum Gasteiger partial charge on any atom is 0.180 e. The Balaban J connectivity index is 2.69. The Bertz CT molecular complexity index is 363. The molecule has 0 amide bonds. The average Bonchev–Trinajstić information content (AvgIpc) is 2.17. The third kappa shape index (κ3) is 3.49. The molecule has 1 aromatic rings. The first kappa shape index (κ1) is 10.6. The van der Waals surface area contributed by atoms with E-state index < -0.39 is 0 Å². The lowest BCUT2D eigenvalue weighted by Crippen LogP contribution is -2.03. The molecule has 0 saturated heterocycles. The summed E-state index contributed by atoms with van der Waals surface area (Å²) in [5.74, 6) is 0.204. The number of phenolic OH excluding ortho intramolecular Hbond substituents is 1. The summed E-state index contributed by atoms with van der Waals surface area (Å²) in [6, 6.07) is 6.73. The molecule has 0 aliphatic rings. The lowest BCUT2D eigenvalue weighted by atomic mass is 10.2. The molecule has 0 unspecified atom stereocenters. The van der Waals surface area contributed by atoms with Crippen LogP contribution in [-0.2, 0) is 0 Å². The van der Waals surface area contributed by atoms with E-state index in [2.05, 4.69) is 10.2 Å². The molecule has 4 nitrogen and oxygen atoms in total. The number of nitrogens with two attached hydrogens (primary N) is 1. The van der Waals surface area contributed by atoms with Gasteiger partial charge in [0.1, 0.15) is 5.75 Å². The van der Waals surface area contributed by atoms with Crippen molar-refractivity contribution in [2.75, 3.05) is 6.26 Å². The van der Waals surface area contributed by atoms with Gasteiger partial charge in [0.15, 0.2) is 5.17 Å². The highest BCUT2D eigenvalue weighted by molar-refractivity contribution is 8.13. The average molecular weight is 209 g/mol. The molecule has 0 aliphatic carbocycles. The van der Waals surface area contributed by atoms with Crippen LogP contribution in [0.1, 0.15) is 5.56 Å². The molecule has 3 N–H and O–H groups in total. The lowest BCUT2D eigenvalue weighted by Gasteiger charge is -1.92. The van der Waals surface area contributed by atoms with Gasteiger partial charge < -0.3 is 10.8 Å². The minimum absolute atomic E-state index is 0.204. The Kier molecular flexibility index (Phi) is 4.00. The molecule has 5 heteroatoms. The molecular formula is C9H11N3OS. The fraction of sp³-hybridized carbons (Fsp3) is 0.111. The smallest absolute Gasteiger partial charge is 0.180 e. The Hall–Kier alpha value is -1.49. The predicted octanol–water partition coefficient (Wildman–Crippen LogP) is 1.40. The number of thioether (sulfide) groups is 1. The van der Waals surface area contributed by atoms with Gasteiger partial charge in [0.05, 0.1) is 6.21 Å². The van der Waals surface area contributed by atoms with Crippen LogP contribution in [0.3, 0.4) is 0 Å². The van der Waals surface area contributed by atoms with Crippen molar-refractivity contribution in [3.05, 3.63) is 29.8 Å². The number of phenols is 1. The van der Waals surface area contributed by atoms with Gasteiger partial charge in [-0.15, -0.1) is 5.10 Å². The number of rotatable bonds is 2. The van der Waals surface area contributed by atoms with Gasteiger partial charge in [-0.25, -0.2) is 0 Å². The van der Waals surface area contributed by atoms with Crippen molar-refractivity contribution >= 4 is 23.1 Å². The second kappa shape index (κ2) is 5.29. The first-order valence-electron chi connectivity index (χ1n) is 3.92. The number of nitrogens with zero attached hydrogens (tertiary/aromatic N) is 2. The van der Waals surface area contributed by atoms with Gasteiger partial charge >= 0.3 is 0 Å². The quantitative estimate of drug-likeness (QED) is 0.439. The molecule has 1 aromatic carbocycles. The van der Waals surface area contributed by atoms with Crippen molar-refractivity contribution in [3.8, 4) is 5.75 Å². The van der Waals surface area contributed by atoms with Crippen LogP contribution in [0.25, 0.3) is 0 Å². The highest BCUT2D eigenvalue weighted by Gasteiger charge is 1.89. The zero-order valence-corrected chi connectivity index (χ0v) is 8.53. The molecule has 14 heavy (non-hydrogen) atoms.